The van der Waals surface area contributed by atoms with E-state index >= 15 is 0 Å². The van der Waals surface area contributed by atoms with Crippen LogP contribution in [0.2, 0.25) is 0 Å². The molecular formula is C11H15N3O2. The van der Waals surface area contributed by atoms with Crippen molar-refractivity contribution in [3.63, 3.8) is 0 Å². The third-order valence-corrected chi connectivity index (χ3v) is 3.02. The fourth-order valence-electron chi connectivity index (χ4n) is 2.02. The first kappa shape index (κ1) is 11.1. The number of carbonyl (C=O) groups excluding carboxylic acids is 1. The number of carbonyl (C=O) groups is 1. The summed E-state index contributed by atoms with van der Waals surface area (Å²) in [6, 6.07) is 2.10. The van der Waals surface area contributed by atoms with E-state index in [4.69, 9.17) is 10.00 Å². The highest BCUT2D eigenvalue weighted by atomic mass is 16.5. The van der Waals surface area contributed by atoms with Gasteiger partial charge < -0.3 is 4.74 Å². The predicted octanol–water partition coefficient (Wildman–Crippen LogP) is 0.210. The zero-order valence-electron chi connectivity index (χ0n) is 9.16. The number of hydrazine groups is 1. The van der Waals surface area contributed by atoms with Crippen LogP contribution in [0.4, 0.5) is 0 Å². The van der Waals surface area contributed by atoms with E-state index in [-0.39, 0.29) is 5.91 Å². The summed E-state index contributed by atoms with van der Waals surface area (Å²) in [7, 11) is 0. The molecule has 0 spiro atoms. The maximum absolute atomic E-state index is 11.9. The molecule has 1 saturated heterocycles. The van der Waals surface area contributed by atoms with Gasteiger partial charge in [0.25, 0.3) is 5.91 Å². The molecular weight excluding hydrogens is 206 g/mol. The van der Waals surface area contributed by atoms with Crippen molar-refractivity contribution >= 4 is 5.91 Å². The highest BCUT2D eigenvalue weighted by molar-refractivity contribution is 5.87. The Bertz CT molecular complexity index is 345. The van der Waals surface area contributed by atoms with Crippen molar-refractivity contribution < 1.29 is 9.53 Å². The van der Waals surface area contributed by atoms with Crippen LogP contribution in [-0.2, 0) is 9.53 Å². The molecule has 0 aromatic heterocycles. The zero-order valence-corrected chi connectivity index (χ0v) is 9.16. The van der Waals surface area contributed by atoms with Gasteiger partial charge in [-0.3, -0.25) is 10.2 Å². The molecule has 0 aromatic carbocycles. The van der Waals surface area contributed by atoms with Crippen molar-refractivity contribution in [2.24, 2.45) is 5.41 Å². The van der Waals surface area contributed by atoms with Crippen LogP contribution >= 0.6 is 0 Å². The molecule has 1 amide bonds. The molecule has 2 fully saturated rings. The van der Waals surface area contributed by atoms with E-state index in [1.807, 2.05) is 5.01 Å². The lowest BCUT2D eigenvalue weighted by Gasteiger charge is -2.38. The number of allylic oxidation sites excluding steroid dienone is 1. The smallest absolute Gasteiger partial charge is 0.255 e. The molecule has 1 aliphatic heterocycles. The van der Waals surface area contributed by atoms with Gasteiger partial charge in [0.15, 0.2) is 0 Å². The number of rotatable bonds is 2. The monoisotopic (exact) mass is 221 g/mol. The molecule has 1 aliphatic carbocycles. The summed E-state index contributed by atoms with van der Waals surface area (Å²) in [5.74, 6) is -0.204. The summed E-state index contributed by atoms with van der Waals surface area (Å²) in [5.41, 5.74) is 2.88. The number of amides is 1. The number of nitrogens with zero attached hydrogens (tertiary/aromatic N) is 2. The highest BCUT2D eigenvalue weighted by Crippen LogP contribution is 2.43. The van der Waals surface area contributed by atoms with Gasteiger partial charge in [0.2, 0.25) is 0 Å². The van der Waals surface area contributed by atoms with Crippen LogP contribution in [-0.4, -0.2) is 37.2 Å². The standard InChI is InChI=1S/C11H15N3O2/c1-9-6-11(7-9,8-12)10(15)13-14-2-4-16-5-3-14/h1-7H2,(H,13,15). The topological polar surface area (TPSA) is 65.4 Å². The maximum atomic E-state index is 11.9. The van der Waals surface area contributed by atoms with Crippen molar-refractivity contribution in [3.05, 3.63) is 12.2 Å². The first-order chi connectivity index (χ1) is 7.66. The number of nitriles is 1. The zero-order chi connectivity index (χ0) is 11.6. The Morgan fingerprint density at radius 1 is 1.50 bits per heavy atom. The molecule has 2 aliphatic rings. The predicted molar refractivity (Wildman–Crippen MR) is 57.0 cm³/mol. The molecule has 1 heterocycles. The lowest BCUT2D eigenvalue weighted by Crippen LogP contribution is -2.55. The Kier molecular flexibility index (Phi) is 2.95. The molecule has 5 heteroatoms. The summed E-state index contributed by atoms with van der Waals surface area (Å²) in [6.07, 6.45) is 0.972. The van der Waals surface area contributed by atoms with Crippen molar-refractivity contribution in [1.29, 1.82) is 5.26 Å². The Balaban J connectivity index is 1.92. The fourth-order valence-corrected chi connectivity index (χ4v) is 2.02. The summed E-state index contributed by atoms with van der Waals surface area (Å²) < 4.78 is 5.18. The minimum Gasteiger partial charge on any atom is -0.379 e. The summed E-state index contributed by atoms with van der Waals surface area (Å²) in [6.45, 7) is 6.35. The van der Waals surface area contributed by atoms with E-state index in [1.165, 1.54) is 0 Å². The molecule has 0 atom stereocenters. The van der Waals surface area contributed by atoms with Crippen LogP contribution in [0.25, 0.3) is 0 Å². The van der Waals surface area contributed by atoms with Gasteiger partial charge in [-0.25, -0.2) is 5.01 Å². The molecule has 16 heavy (non-hydrogen) atoms. The van der Waals surface area contributed by atoms with Gasteiger partial charge in [0, 0.05) is 13.1 Å². The maximum Gasteiger partial charge on any atom is 0.255 e. The summed E-state index contributed by atoms with van der Waals surface area (Å²) in [4.78, 5) is 11.9. The highest BCUT2D eigenvalue weighted by Gasteiger charge is 2.47. The minimum absolute atomic E-state index is 0.204. The second kappa shape index (κ2) is 4.24. The first-order valence-corrected chi connectivity index (χ1v) is 5.38. The SMILES string of the molecule is C=C1CC(C#N)(C(=O)NN2CCOCC2)C1. The Hall–Kier alpha value is -1.38. The Morgan fingerprint density at radius 3 is 2.62 bits per heavy atom. The largest absolute Gasteiger partial charge is 0.379 e. The van der Waals surface area contributed by atoms with Gasteiger partial charge in [-0.15, -0.1) is 0 Å². The molecule has 1 saturated carbocycles. The molecule has 1 N–H and O–H groups in total. The van der Waals surface area contributed by atoms with Crippen molar-refractivity contribution in [2.45, 2.75) is 12.8 Å². The van der Waals surface area contributed by atoms with Gasteiger partial charge in [-0.1, -0.05) is 12.2 Å². The van der Waals surface area contributed by atoms with Gasteiger partial charge in [0.1, 0.15) is 5.41 Å². The number of ether oxygens (including phenoxy) is 1. The van der Waals surface area contributed by atoms with E-state index in [2.05, 4.69) is 18.1 Å². The second-order valence-electron chi connectivity index (χ2n) is 4.34. The van der Waals surface area contributed by atoms with Crippen LogP contribution < -0.4 is 5.43 Å². The van der Waals surface area contributed by atoms with Crippen LogP contribution in [0.3, 0.4) is 0 Å². The minimum atomic E-state index is -0.880. The molecule has 86 valence electrons. The fraction of sp³-hybridized carbons (Fsp3) is 0.636. The van der Waals surface area contributed by atoms with E-state index < -0.39 is 5.41 Å². The number of hydrogen-bond donors (Lipinski definition) is 1. The van der Waals surface area contributed by atoms with Gasteiger partial charge in [0.05, 0.1) is 19.3 Å². The summed E-state index contributed by atoms with van der Waals surface area (Å²) in [5, 5.41) is 10.9. The van der Waals surface area contributed by atoms with Crippen molar-refractivity contribution in [3.8, 4) is 6.07 Å². The number of morpholine rings is 1. The third kappa shape index (κ3) is 1.94. The van der Waals surface area contributed by atoms with Crippen molar-refractivity contribution in [2.75, 3.05) is 26.3 Å². The quantitative estimate of drug-likeness (QED) is 0.677. The van der Waals surface area contributed by atoms with Crippen molar-refractivity contribution in [1.82, 2.24) is 10.4 Å². The molecule has 2 rings (SSSR count). The van der Waals surface area contributed by atoms with Crippen LogP contribution in [0.1, 0.15) is 12.8 Å². The normalized spacial score (nSPS) is 24.3. The first-order valence-electron chi connectivity index (χ1n) is 5.38. The average Bonchev–Trinajstić information content (AvgIpc) is 2.25. The van der Waals surface area contributed by atoms with E-state index in [1.54, 1.807) is 0 Å². The number of hydrogen-bond acceptors (Lipinski definition) is 4. The van der Waals surface area contributed by atoms with Gasteiger partial charge in [-0.2, -0.15) is 5.26 Å². The average molecular weight is 221 g/mol. The molecule has 0 radical (unpaired) electrons. The molecule has 0 bridgehead atoms. The van der Waals surface area contributed by atoms with Crippen LogP contribution in [0.5, 0.6) is 0 Å². The lowest BCUT2D eigenvalue weighted by molar-refractivity contribution is -0.137. The van der Waals surface area contributed by atoms with Gasteiger partial charge in [-0.05, 0) is 12.8 Å². The Morgan fingerprint density at radius 2 is 2.12 bits per heavy atom. The number of nitrogens with one attached hydrogen (secondary N) is 1. The Labute approximate surface area is 94.6 Å². The molecule has 0 aromatic rings. The summed E-state index contributed by atoms with van der Waals surface area (Å²) >= 11 is 0. The third-order valence-electron chi connectivity index (χ3n) is 3.02. The van der Waals surface area contributed by atoms with E-state index in [0.29, 0.717) is 39.1 Å². The molecule has 5 nitrogen and oxygen atoms in total. The second-order valence-corrected chi connectivity index (χ2v) is 4.34. The lowest BCUT2D eigenvalue weighted by atomic mass is 9.66. The van der Waals surface area contributed by atoms with E-state index in [0.717, 1.165) is 5.57 Å². The van der Waals surface area contributed by atoms with Gasteiger partial charge >= 0.3 is 0 Å². The molecule has 0 unspecified atom stereocenters. The van der Waals surface area contributed by atoms with E-state index in [9.17, 15) is 4.79 Å². The van der Waals surface area contributed by atoms with Crippen LogP contribution in [0.15, 0.2) is 12.2 Å². The van der Waals surface area contributed by atoms with Crippen LogP contribution in [0, 0.1) is 16.7 Å².